The molecule has 0 spiro atoms. The molecule has 2 aliphatic rings. The van der Waals surface area contributed by atoms with Crippen LogP contribution >= 0.6 is 0 Å². The van der Waals surface area contributed by atoms with Crippen molar-refractivity contribution in [1.29, 1.82) is 0 Å². The smallest absolute Gasteiger partial charge is 0.352 e. The third kappa shape index (κ3) is 5.21. The van der Waals surface area contributed by atoms with Gasteiger partial charge in [0.15, 0.2) is 11.2 Å². The lowest BCUT2D eigenvalue weighted by molar-refractivity contribution is -0.204. The predicted octanol–water partition coefficient (Wildman–Crippen LogP) is 4.79. The molecule has 0 unspecified atom stereocenters. The largest absolute Gasteiger partial charge is 0.547 e. The summed E-state index contributed by atoms with van der Waals surface area (Å²) in [5.41, 5.74) is -4.32. The Kier molecular flexibility index (Phi) is 7.46. The van der Waals surface area contributed by atoms with Crippen molar-refractivity contribution >= 4 is 31.8 Å². The molecule has 1 aliphatic carbocycles. The highest BCUT2D eigenvalue weighted by Gasteiger charge is 2.72. The van der Waals surface area contributed by atoms with E-state index in [4.69, 9.17) is 23.4 Å². The number of methoxy groups -OCH3 is 1. The SMILES string of the molecule is CCOC(=O)[C@]12CC(O[Si](C)(C)C)=CC[C@@]1(C(=O)OC(C)(C)C)C(=O)C=C(c1ccc(OC)cc1)O2. The fourth-order valence-corrected chi connectivity index (χ4v) is 5.34. The predicted molar refractivity (Wildman–Crippen MR) is 136 cm³/mol. The van der Waals surface area contributed by atoms with Crippen molar-refractivity contribution in [2.24, 2.45) is 5.41 Å². The number of fused-ring (bicyclic) bond motifs is 1. The molecule has 9 heteroatoms. The van der Waals surface area contributed by atoms with Crippen LogP contribution in [0.2, 0.25) is 19.6 Å². The first-order chi connectivity index (χ1) is 16.7. The zero-order valence-electron chi connectivity index (χ0n) is 22.4. The Hall–Kier alpha value is -3.07. The van der Waals surface area contributed by atoms with Crippen LogP contribution in [0.15, 0.2) is 42.2 Å². The molecular formula is C27H36O8Si. The molecule has 8 nitrogen and oxygen atoms in total. The first-order valence-electron chi connectivity index (χ1n) is 12.1. The van der Waals surface area contributed by atoms with E-state index in [0.717, 1.165) is 0 Å². The van der Waals surface area contributed by atoms with E-state index in [2.05, 4.69) is 0 Å². The van der Waals surface area contributed by atoms with Crippen LogP contribution < -0.4 is 4.74 Å². The highest BCUT2D eigenvalue weighted by atomic mass is 28.4. The molecule has 0 radical (unpaired) electrons. The van der Waals surface area contributed by atoms with Crippen molar-refractivity contribution < 1.29 is 37.8 Å². The van der Waals surface area contributed by atoms with E-state index in [0.29, 0.717) is 17.1 Å². The summed E-state index contributed by atoms with van der Waals surface area (Å²) < 4.78 is 29.0. The normalized spacial score (nSPS) is 23.9. The Bertz CT molecular complexity index is 1090. The molecule has 1 aromatic rings. The summed E-state index contributed by atoms with van der Waals surface area (Å²) in [5.74, 6) is -0.954. The third-order valence-corrected chi connectivity index (χ3v) is 6.75. The summed E-state index contributed by atoms with van der Waals surface area (Å²) >= 11 is 0. The minimum absolute atomic E-state index is 0.0397. The monoisotopic (exact) mass is 516 g/mol. The van der Waals surface area contributed by atoms with Crippen molar-refractivity contribution in [3.05, 3.63) is 47.7 Å². The van der Waals surface area contributed by atoms with Crippen LogP contribution in [0.25, 0.3) is 5.76 Å². The first-order valence-corrected chi connectivity index (χ1v) is 15.5. The van der Waals surface area contributed by atoms with Crippen molar-refractivity contribution in [2.75, 3.05) is 13.7 Å². The molecule has 2 atom stereocenters. The minimum Gasteiger partial charge on any atom is -0.547 e. The lowest BCUT2D eigenvalue weighted by atomic mass is 9.60. The second kappa shape index (κ2) is 9.76. The summed E-state index contributed by atoms with van der Waals surface area (Å²) in [4.78, 5) is 41.5. The van der Waals surface area contributed by atoms with Crippen LogP contribution in [0.4, 0.5) is 0 Å². The second-order valence-electron chi connectivity index (χ2n) is 10.9. The maximum absolute atomic E-state index is 13.9. The molecule has 1 aliphatic heterocycles. The van der Waals surface area contributed by atoms with Gasteiger partial charge in [-0.1, -0.05) is 0 Å². The number of rotatable bonds is 7. The van der Waals surface area contributed by atoms with Crippen LogP contribution in [-0.2, 0) is 33.0 Å². The molecule has 0 N–H and O–H groups in total. The van der Waals surface area contributed by atoms with E-state index in [1.807, 2.05) is 19.6 Å². The average Bonchev–Trinajstić information content (AvgIpc) is 2.76. The van der Waals surface area contributed by atoms with Gasteiger partial charge in [-0.25, -0.2) is 4.79 Å². The summed E-state index contributed by atoms with van der Waals surface area (Å²) in [6.07, 6.45) is 2.70. The fourth-order valence-electron chi connectivity index (χ4n) is 4.40. The summed E-state index contributed by atoms with van der Waals surface area (Å²) in [7, 11) is -0.541. The lowest BCUT2D eigenvalue weighted by Crippen LogP contribution is -2.67. The Balaban J connectivity index is 2.24. The van der Waals surface area contributed by atoms with E-state index in [-0.39, 0.29) is 25.2 Å². The zero-order valence-corrected chi connectivity index (χ0v) is 23.4. The van der Waals surface area contributed by atoms with Crippen LogP contribution in [0.1, 0.15) is 46.1 Å². The van der Waals surface area contributed by atoms with Crippen molar-refractivity contribution in [1.82, 2.24) is 0 Å². The molecule has 36 heavy (non-hydrogen) atoms. The van der Waals surface area contributed by atoms with Crippen LogP contribution in [0.3, 0.4) is 0 Å². The number of carbonyl (C=O) groups is 3. The van der Waals surface area contributed by atoms with E-state index in [1.54, 1.807) is 65.1 Å². The van der Waals surface area contributed by atoms with Crippen molar-refractivity contribution in [3.8, 4) is 5.75 Å². The quantitative estimate of drug-likeness (QED) is 0.290. The maximum Gasteiger partial charge on any atom is 0.352 e. The van der Waals surface area contributed by atoms with Crippen LogP contribution in [0, 0.1) is 5.41 Å². The molecular weight excluding hydrogens is 480 g/mol. The van der Waals surface area contributed by atoms with E-state index < -0.39 is 42.7 Å². The molecule has 0 saturated heterocycles. The Morgan fingerprint density at radius 1 is 1.08 bits per heavy atom. The molecule has 1 aromatic carbocycles. The lowest BCUT2D eigenvalue weighted by Gasteiger charge is -2.50. The number of hydrogen-bond acceptors (Lipinski definition) is 8. The maximum atomic E-state index is 13.9. The number of hydrogen-bond donors (Lipinski definition) is 0. The van der Waals surface area contributed by atoms with Crippen molar-refractivity contribution in [3.63, 3.8) is 0 Å². The number of benzene rings is 1. The van der Waals surface area contributed by atoms with E-state index >= 15 is 0 Å². The van der Waals surface area contributed by atoms with Gasteiger partial charge in [0.05, 0.1) is 25.9 Å². The topological polar surface area (TPSA) is 97.4 Å². The molecule has 1 heterocycles. The number of carbonyl (C=O) groups excluding carboxylic acids is 3. The zero-order chi connectivity index (χ0) is 26.9. The van der Waals surface area contributed by atoms with Gasteiger partial charge in [-0.2, -0.15) is 0 Å². The average molecular weight is 517 g/mol. The second-order valence-corrected chi connectivity index (χ2v) is 15.4. The molecule has 0 saturated carbocycles. The number of allylic oxidation sites excluding steroid dienone is 2. The number of ether oxygens (including phenoxy) is 4. The standard InChI is InChI=1S/C27H36O8Si/c1-9-32-24(30)27-17-20(35-36(6,7)8)14-15-26(27,23(29)34-25(2,3)4)22(28)16-21(33-27)18-10-12-19(31-5)13-11-18/h10-14,16H,9,15,17H2,1-8H3/t26-,27+/m0/s1. The van der Waals surface area contributed by atoms with Gasteiger partial charge in [0.25, 0.3) is 0 Å². The summed E-state index contributed by atoms with van der Waals surface area (Å²) in [6, 6.07) is 6.87. The molecule has 0 bridgehead atoms. The van der Waals surface area contributed by atoms with Crippen molar-refractivity contribution in [2.45, 2.75) is 71.4 Å². The first kappa shape index (κ1) is 27.5. The van der Waals surface area contributed by atoms with Crippen LogP contribution in [0.5, 0.6) is 5.75 Å². The fraction of sp³-hybridized carbons (Fsp3) is 0.519. The molecule has 0 aromatic heterocycles. The van der Waals surface area contributed by atoms with Gasteiger partial charge in [-0.15, -0.1) is 0 Å². The van der Waals surface area contributed by atoms with E-state index in [9.17, 15) is 14.4 Å². The summed E-state index contributed by atoms with van der Waals surface area (Å²) in [6.45, 7) is 12.9. The van der Waals surface area contributed by atoms with Crippen LogP contribution in [-0.4, -0.2) is 51.0 Å². The summed E-state index contributed by atoms with van der Waals surface area (Å²) in [5, 5.41) is 0. The van der Waals surface area contributed by atoms with Gasteiger partial charge >= 0.3 is 11.9 Å². The highest BCUT2D eigenvalue weighted by Crippen LogP contribution is 2.54. The highest BCUT2D eigenvalue weighted by molar-refractivity contribution is 6.70. The van der Waals surface area contributed by atoms with Gasteiger partial charge in [0, 0.05) is 11.6 Å². The molecule has 196 valence electrons. The van der Waals surface area contributed by atoms with Gasteiger partial charge < -0.3 is 23.4 Å². The number of ketones is 1. The van der Waals surface area contributed by atoms with Gasteiger partial charge in [-0.3, -0.25) is 9.59 Å². The third-order valence-electron chi connectivity index (χ3n) is 5.88. The number of esters is 2. The van der Waals surface area contributed by atoms with E-state index in [1.165, 1.54) is 6.08 Å². The Morgan fingerprint density at radius 3 is 2.25 bits per heavy atom. The molecule has 0 fully saturated rings. The molecule has 3 rings (SSSR count). The minimum atomic E-state index is -2.09. The Labute approximate surface area is 213 Å². The Morgan fingerprint density at radius 2 is 1.72 bits per heavy atom. The van der Waals surface area contributed by atoms with Gasteiger partial charge in [-0.05, 0) is 84.1 Å². The molecule has 0 amide bonds. The van der Waals surface area contributed by atoms with Gasteiger partial charge in [0.1, 0.15) is 17.1 Å². The van der Waals surface area contributed by atoms with Gasteiger partial charge in [0.2, 0.25) is 13.9 Å².